The largest absolute Gasteiger partial charge is 0.433 e. The number of benzene rings is 1. The number of nitro groups is 1. The standard InChI is InChI=1S/C14H14N4O4/c1-10-3-2-4-11(7-10)15-9-13(19)17-16-8-12-5-6-14(22-12)18(20)21/h2-8,15H,9H2,1H3,(H,17,19)/b16-8+. The van der Waals surface area contributed by atoms with Crippen LogP contribution in [0, 0.1) is 17.0 Å². The molecule has 2 aromatic rings. The Bertz CT molecular complexity index is 708. The molecule has 0 saturated heterocycles. The molecule has 1 heterocycles. The second-order valence-electron chi connectivity index (χ2n) is 4.45. The summed E-state index contributed by atoms with van der Waals surface area (Å²) in [6, 6.07) is 10.2. The molecule has 0 atom stereocenters. The van der Waals surface area contributed by atoms with Crippen LogP contribution in [0.1, 0.15) is 11.3 Å². The van der Waals surface area contributed by atoms with Gasteiger partial charge in [-0.3, -0.25) is 14.9 Å². The molecule has 0 bridgehead atoms. The molecular weight excluding hydrogens is 288 g/mol. The normalized spacial score (nSPS) is 10.6. The molecule has 22 heavy (non-hydrogen) atoms. The highest BCUT2D eigenvalue weighted by molar-refractivity contribution is 5.83. The fourth-order valence-corrected chi connectivity index (χ4v) is 1.65. The van der Waals surface area contributed by atoms with Gasteiger partial charge < -0.3 is 9.73 Å². The van der Waals surface area contributed by atoms with Crippen LogP contribution in [-0.4, -0.2) is 23.6 Å². The fraction of sp³-hybridized carbons (Fsp3) is 0.143. The van der Waals surface area contributed by atoms with Crippen molar-refractivity contribution in [2.75, 3.05) is 11.9 Å². The maximum atomic E-state index is 11.6. The zero-order valence-corrected chi connectivity index (χ0v) is 11.8. The van der Waals surface area contributed by atoms with Gasteiger partial charge in [0.25, 0.3) is 5.91 Å². The topological polar surface area (TPSA) is 110 Å². The van der Waals surface area contributed by atoms with Gasteiger partial charge in [0.05, 0.1) is 18.8 Å². The predicted octanol–water partition coefficient (Wildman–Crippen LogP) is 2.06. The lowest BCUT2D eigenvalue weighted by Crippen LogP contribution is -2.25. The molecule has 1 aromatic carbocycles. The number of rotatable bonds is 6. The molecule has 0 saturated carbocycles. The molecule has 0 aliphatic rings. The van der Waals surface area contributed by atoms with Crippen molar-refractivity contribution in [1.29, 1.82) is 0 Å². The molecule has 1 aromatic heterocycles. The molecule has 8 heteroatoms. The first-order valence-electron chi connectivity index (χ1n) is 6.41. The summed E-state index contributed by atoms with van der Waals surface area (Å²) >= 11 is 0. The lowest BCUT2D eigenvalue weighted by Gasteiger charge is -2.05. The minimum atomic E-state index is -0.651. The third-order valence-electron chi connectivity index (χ3n) is 2.64. The first-order valence-corrected chi connectivity index (χ1v) is 6.41. The summed E-state index contributed by atoms with van der Waals surface area (Å²) in [5.74, 6) is -0.550. The lowest BCUT2D eigenvalue weighted by molar-refractivity contribution is -0.402. The van der Waals surface area contributed by atoms with Gasteiger partial charge in [0.2, 0.25) is 0 Å². The smallest absolute Gasteiger partial charge is 0.400 e. The fourth-order valence-electron chi connectivity index (χ4n) is 1.65. The van der Waals surface area contributed by atoms with E-state index in [0.29, 0.717) is 0 Å². The molecular formula is C14H14N4O4. The maximum absolute atomic E-state index is 11.6. The van der Waals surface area contributed by atoms with Gasteiger partial charge in [0, 0.05) is 5.69 Å². The maximum Gasteiger partial charge on any atom is 0.433 e. The van der Waals surface area contributed by atoms with E-state index in [-0.39, 0.29) is 24.1 Å². The summed E-state index contributed by atoms with van der Waals surface area (Å²) in [7, 11) is 0. The minimum absolute atomic E-state index is 0.0547. The average Bonchev–Trinajstić information content (AvgIpc) is 2.94. The van der Waals surface area contributed by atoms with Crippen LogP contribution in [0.3, 0.4) is 0 Å². The molecule has 0 aliphatic carbocycles. The average molecular weight is 302 g/mol. The van der Waals surface area contributed by atoms with Crippen molar-refractivity contribution in [3.8, 4) is 0 Å². The van der Waals surface area contributed by atoms with Crippen LogP contribution >= 0.6 is 0 Å². The number of furan rings is 1. The van der Waals surface area contributed by atoms with E-state index in [4.69, 9.17) is 4.42 Å². The quantitative estimate of drug-likeness (QED) is 0.482. The summed E-state index contributed by atoms with van der Waals surface area (Å²) < 4.78 is 4.85. The number of nitrogens with zero attached hydrogens (tertiary/aromatic N) is 2. The molecule has 1 amide bonds. The monoisotopic (exact) mass is 302 g/mol. The SMILES string of the molecule is Cc1cccc(NCC(=O)N/N=C/c2ccc([N+](=O)[O-])o2)c1. The number of aryl methyl sites for hydroxylation is 1. The van der Waals surface area contributed by atoms with Crippen molar-refractivity contribution >= 4 is 23.7 Å². The van der Waals surface area contributed by atoms with Crippen molar-refractivity contribution < 1.29 is 14.1 Å². The third-order valence-corrected chi connectivity index (χ3v) is 2.64. The van der Waals surface area contributed by atoms with Gasteiger partial charge in [0.1, 0.15) is 4.92 Å². The zero-order valence-electron chi connectivity index (χ0n) is 11.8. The van der Waals surface area contributed by atoms with Gasteiger partial charge in [-0.1, -0.05) is 12.1 Å². The van der Waals surface area contributed by atoms with E-state index >= 15 is 0 Å². The number of carbonyl (C=O) groups excluding carboxylic acids is 1. The van der Waals surface area contributed by atoms with Crippen molar-refractivity contribution in [1.82, 2.24) is 5.43 Å². The molecule has 2 rings (SSSR count). The lowest BCUT2D eigenvalue weighted by atomic mass is 10.2. The number of hydrogen-bond donors (Lipinski definition) is 2. The molecule has 0 spiro atoms. The highest BCUT2D eigenvalue weighted by atomic mass is 16.6. The Hall–Kier alpha value is -3.16. The molecule has 0 unspecified atom stereocenters. The number of amides is 1. The second kappa shape index (κ2) is 7.02. The van der Waals surface area contributed by atoms with Crippen molar-refractivity contribution in [3.05, 3.63) is 57.8 Å². The van der Waals surface area contributed by atoms with E-state index < -0.39 is 4.92 Å². The predicted molar refractivity (Wildman–Crippen MR) is 80.8 cm³/mol. The summed E-state index contributed by atoms with van der Waals surface area (Å²) in [6.07, 6.45) is 1.19. The second-order valence-corrected chi connectivity index (χ2v) is 4.45. The Kier molecular flexibility index (Phi) is 4.86. The summed E-state index contributed by atoms with van der Waals surface area (Å²) in [5.41, 5.74) is 4.21. The van der Waals surface area contributed by atoms with E-state index in [0.717, 1.165) is 11.3 Å². The summed E-state index contributed by atoms with van der Waals surface area (Å²) in [5, 5.41) is 17.0. The number of carbonyl (C=O) groups is 1. The molecule has 8 nitrogen and oxygen atoms in total. The molecule has 0 radical (unpaired) electrons. The number of hydrogen-bond acceptors (Lipinski definition) is 6. The van der Waals surface area contributed by atoms with Crippen LogP contribution < -0.4 is 10.7 Å². The molecule has 0 fully saturated rings. The highest BCUT2D eigenvalue weighted by Gasteiger charge is 2.10. The van der Waals surface area contributed by atoms with E-state index in [9.17, 15) is 14.9 Å². The summed E-state index contributed by atoms with van der Waals surface area (Å²) in [4.78, 5) is 21.4. The van der Waals surface area contributed by atoms with Gasteiger partial charge in [-0.15, -0.1) is 0 Å². The van der Waals surface area contributed by atoms with Gasteiger partial charge >= 0.3 is 5.88 Å². The van der Waals surface area contributed by atoms with Gasteiger partial charge in [-0.05, 0) is 30.7 Å². The highest BCUT2D eigenvalue weighted by Crippen LogP contribution is 2.13. The number of nitrogens with one attached hydrogen (secondary N) is 2. The zero-order chi connectivity index (χ0) is 15.9. The Morgan fingerprint density at radius 2 is 2.23 bits per heavy atom. The van der Waals surface area contributed by atoms with E-state index in [2.05, 4.69) is 15.8 Å². The molecule has 2 N–H and O–H groups in total. The van der Waals surface area contributed by atoms with Crippen LogP contribution in [0.25, 0.3) is 0 Å². The van der Waals surface area contributed by atoms with Crippen LogP contribution in [-0.2, 0) is 4.79 Å². The Balaban J connectivity index is 1.79. The first-order chi connectivity index (χ1) is 10.5. The molecule has 0 aliphatic heterocycles. The van der Waals surface area contributed by atoms with Gasteiger partial charge in [-0.25, -0.2) is 5.43 Å². The van der Waals surface area contributed by atoms with E-state index in [1.165, 1.54) is 18.3 Å². The first kappa shape index (κ1) is 15.2. The minimum Gasteiger partial charge on any atom is -0.400 e. The van der Waals surface area contributed by atoms with Gasteiger partial charge in [-0.2, -0.15) is 5.10 Å². The van der Waals surface area contributed by atoms with Crippen LogP contribution in [0.15, 0.2) is 45.9 Å². The van der Waals surface area contributed by atoms with Crippen LogP contribution in [0.4, 0.5) is 11.6 Å². The van der Waals surface area contributed by atoms with Crippen LogP contribution in [0.2, 0.25) is 0 Å². The Morgan fingerprint density at radius 1 is 1.41 bits per heavy atom. The van der Waals surface area contributed by atoms with Crippen LogP contribution in [0.5, 0.6) is 0 Å². The van der Waals surface area contributed by atoms with E-state index in [1.54, 1.807) is 0 Å². The Morgan fingerprint density at radius 3 is 2.91 bits per heavy atom. The van der Waals surface area contributed by atoms with Crippen molar-refractivity contribution in [2.24, 2.45) is 5.10 Å². The number of hydrazone groups is 1. The van der Waals surface area contributed by atoms with E-state index in [1.807, 2.05) is 31.2 Å². The number of anilines is 1. The Labute approximate surface area is 126 Å². The molecule has 114 valence electrons. The van der Waals surface area contributed by atoms with Gasteiger partial charge in [0.15, 0.2) is 5.76 Å². The third kappa shape index (κ3) is 4.44. The van der Waals surface area contributed by atoms with Crippen molar-refractivity contribution in [2.45, 2.75) is 6.92 Å². The summed E-state index contributed by atoms with van der Waals surface area (Å²) in [6.45, 7) is 2.01. The van der Waals surface area contributed by atoms with Crippen molar-refractivity contribution in [3.63, 3.8) is 0 Å².